The van der Waals surface area contributed by atoms with Gasteiger partial charge in [-0.3, -0.25) is 9.59 Å². The Balaban J connectivity index is 1.87. The third-order valence-corrected chi connectivity index (χ3v) is 4.08. The fourth-order valence-corrected chi connectivity index (χ4v) is 2.71. The molecule has 2 unspecified atom stereocenters. The first-order valence-corrected chi connectivity index (χ1v) is 7.04. The molecule has 1 aromatic carbocycles. The first kappa shape index (κ1) is 14.6. The number of carbonyl (C=O) groups is 2. The zero-order valence-corrected chi connectivity index (χ0v) is 12.0. The Labute approximate surface area is 119 Å². The van der Waals surface area contributed by atoms with Crippen molar-refractivity contribution in [3.63, 3.8) is 0 Å². The number of aliphatic carboxylic acids is 1. The highest BCUT2D eigenvalue weighted by Gasteiger charge is 2.30. The quantitative estimate of drug-likeness (QED) is 0.885. The molecule has 0 spiro atoms. The molecule has 4 heteroatoms. The first-order valence-electron chi connectivity index (χ1n) is 7.04. The summed E-state index contributed by atoms with van der Waals surface area (Å²) < 4.78 is 0. The van der Waals surface area contributed by atoms with Crippen LogP contribution in [0.5, 0.6) is 0 Å². The van der Waals surface area contributed by atoms with Gasteiger partial charge < -0.3 is 10.4 Å². The second kappa shape index (κ2) is 6.07. The van der Waals surface area contributed by atoms with Crippen LogP contribution in [0.25, 0.3) is 0 Å². The molecule has 1 saturated carbocycles. The lowest BCUT2D eigenvalue weighted by Crippen LogP contribution is -2.34. The van der Waals surface area contributed by atoms with Gasteiger partial charge in [0.1, 0.15) is 0 Å². The summed E-state index contributed by atoms with van der Waals surface area (Å²) in [5.41, 5.74) is 3.40. The summed E-state index contributed by atoms with van der Waals surface area (Å²) in [5, 5.41) is 11.9. The van der Waals surface area contributed by atoms with Crippen molar-refractivity contribution >= 4 is 11.9 Å². The van der Waals surface area contributed by atoms with Crippen LogP contribution < -0.4 is 5.32 Å². The van der Waals surface area contributed by atoms with Crippen molar-refractivity contribution in [1.82, 2.24) is 5.32 Å². The molecular formula is C16H21NO3. The summed E-state index contributed by atoms with van der Waals surface area (Å²) in [7, 11) is 0. The summed E-state index contributed by atoms with van der Waals surface area (Å²) >= 11 is 0. The molecule has 2 rings (SSSR count). The summed E-state index contributed by atoms with van der Waals surface area (Å²) in [4.78, 5) is 22.9. The van der Waals surface area contributed by atoms with Gasteiger partial charge in [0.25, 0.3) is 0 Å². The Kier molecular flexibility index (Phi) is 4.42. The summed E-state index contributed by atoms with van der Waals surface area (Å²) in [6.45, 7) is 4.08. The lowest BCUT2D eigenvalue weighted by atomic mass is 10.0. The monoisotopic (exact) mass is 275 g/mol. The van der Waals surface area contributed by atoms with Gasteiger partial charge in [-0.05, 0) is 49.8 Å². The number of nitrogens with one attached hydrogen (secondary N) is 1. The average molecular weight is 275 g/mol. The van der Waals surface area contributed by atoms with E-state index in [1.165, 1.54) is 11.1 Å². The van der Waals surface area contributed by atoms with E-state index in [0.717, 1.165) is 12.0 Å². The van der Waals surface area contributed by atoms with Crippen molar-refractivity contribution in [3.8, 4) is 0 Å². The minimum absolute atomic E-state index is 0.00939. The second-order valence-corrected chi connectivity index (χ2v) is 5.71. The fourth-order valence-electron chi connectivity index (χ4n) is 2.71. The predicted octanol–water partition coefficient (Wildman–Crippen LogP) is 2.22. The number of hydrogen-bond donors (Lipinski definition) is 2. The number of carboxylic acid groups (broad SMARTS) is 1. The summed E-state index contributed by atoms with van der Waals surface area (Å²) in [6, 6.07) is 6.03. The maximum Gasteiger partial charge on any atom is 0.306 e. The van der Waals surface area contributed by atoms with Gasteiger partial charge in [-0.15, -0.1) is 0 Å². The number of carboxylic acids is 1. The molecule has 0 aromatic heterocycles. The maximum absolute atomic E-state index is 12.0. The van der Waals surface area contributed by atoms with Gasteiger partial charge in [0.05, 0.1) is 12.3 Å². The Hall–Kier alpha value is -1.84. The van der Waals surface area contributed by atoms with Crippen molar-refractivity contribution in [2.75, 3.05) is 0 Å². The van der Waals surface area contributed by atoms with Gasteiger partial charge in [0.2, 0.25) is 5.91 Å². The van der Waals surface area contributed by atoms with E-state index < -0.39 is 5.97 Å². The molecule has 1 amide bonds. The molecule has 2 N–H and O–H groups in total. The van der Waals surface area contributed by atoms with Crippen LogP contribution in [-0.4, -0.2) is 23.0 Å². The van der Waals surface area contributed by atoms with Crippen molar-refractivity contribution in [2.24, 2.45) is 5.92 Å². The maximum atomic E-state index is 12.0. The van der Waals surface area contributed by atoms with Crippen LogP contribution in [0.2, 0.25) is 0 Å². The molecule has 0 bridgehead atoms. The van der Waals surface area contributed by atoms with Crippen LogP contribution in [-0.2, 0) is 16.0 Å². The average Bonchev–Trinajstić information content (AvgIpc) is 2.82. The van der Waals surface area contributed by atoms with Crippen LogP contribution in [0.15, 0.2) is 18.2 Å². The van der Waals surface area contributed by atoms with Crippen molar-refractivity contribution in [2.45, 2.75) is 45.6 Å². The number of hydrogen-bond acceptors (Lipinski definition) is 2. The third kappa shape index (κ3) is 3.59. The lowest BCUT2D eigenvalue weighted by molar-refractivity contribution is -0.141. The lowest BCUT2D eigenvalue weighted by Gasteiger charge is -2.13. The molecule has 2 atom stereocenters. The van der Waals surface area contributed by atoms with Gasteiger partial charge in [0.15, 0.2) is 0 Å². The van der Waals surface area contributed by atoms with Crippen molar-refractivity contribution < 1.29 is 14.7 Å². The molecule has 1 fully saturated rings. The number of aryl methyl sites for hydroxylation is 2. The molecule has 1 aromatic rings. The van der Waals surface area contributed by atoms with Crippen LogP contribution in [0, 0.1) is 19.8 Å². The van der Waals surface area contributed by atoms with E-state index in [1.54, 1.807) is 0 Å². The zero-order chi connectivity index (χ0) is 14.7. The third-order valence-electron chi connectivity index (χ3n) is 4.08. The molecule has 0 aliphatic heterocycles. The van der Waals surface area contributed by atoms with Crippen LogP contribution in [0.3, 0.4) is 0 Å². The SMILES string of the molecule is Cc1ccc(CC(=O)NC2CCC(C(=O)O)C2)cc1C. The number of amides is 1. The molecule has 0 radical (unpaired) electrons. The van der Waals surface area contributed by atoms with E-state index in [1.807, 2.05) is 32.0 Å². The Morgan fingerprint density at radius 2 is 2.00 bits per heavy atom. The Morgan fingerprint density at radius 1 is 1.25 bits per heavy atom. The number of carbonyl (C=O) groups excluding carboxylic acids is 1. The largest absolute Gasteiger partial charge is 0.481 e. The second-order valence-electron chi connectivity index (χ2n) is 5.71. The molecule has 4 nitrogen and oxygen atoms in total. The summed E-state index contributed by atoms with van der Waals surface area (Å²) in [6.07, 6.45) is 2.32. The normalized spacial score (nSPS) is 21.7. The molecule has 1 aliphatic rings. The van der Waals surface area contributed by atoms with Crippen molar-refractivity contribution in [1.29, 1.82) is 0 Å². The summed E-state index contributed by atoms with van der Waals surface area (Å²) in [5.74, 6) is -1.08. The molecule has 20 heavy (non-hydrogen) atoms. The van der Waals surface area contributed by atoms with Crippen LogP contribution in [0.4, 0.5) is 0 Å². The van der Waals surface area contributed by atoms with E-state index >= 15 is 0 Å². The van der Waals surface area contributed by atoms with E-state index in [-0.39, 0.29) is 17.9 Å². The van der Waals surface area contributed by atoms with E-state index in [0.29, 0.717) is 19.3 Å². The smallest absolute Gasteiger partial charge is 0.306 e. The minimum Gasteiger partial charge on any atom is -0.481 e. The van der Waals surface area contributed by atoms with Crippen LogP contribution >= 0.6 is 0 Å². The molecule has 0 heterocycles. The fraction of sp³-hybridized carbons (Fsp3) is 0.500. The number of benzene rings is 1. The number of rotatable bonds is 4. The van der Waals surface area contributed by atoms with E-state index in [4.69, 9.17) is 5.11 Å². The standard InChI is InChI=1S/C16H21NO3/c1-10-3-4-12(7-11(10)2)8-15(18)17-14-6-5-13(9-14)16(19)20/h3-4,7,13-14H,5-6,8-9H2,1-2H3,(H,17,18)(H,19,20). The Bertz CT molecular complexity index is 524. The van der Waals surface area contributed by atoms with Gasteiger partial charge in [0, 0.05) is 6.04 Å². The highest BCUT2D eigenvalue weighted by Crippen LogP contribution is 2.25. The van der Waals surface area contributed by atoms with E-state index in [9.17, 15) is 9.59 Å². The van der Waals surface area contributed by atoms with Gasteiger partial charge >= 0.3 is 5.97 Å². The van der Waals surface area contributed by atoms with Crippen LogP contribution in [0.1, 0.15) is 36.0 Å². The predicted molar refractivity (Wildman–Crippen MR) is 76.5 cm³/mol. The van der Waals surface area contributed by atoms with Gasteiger partial charge in [-0.2, -0.15) is 0 Å². The molecular weight excluding hydrogens is 254 g/mol. The van der Waals surface area contributed by atoms with Gasteiger partial charge in [-0.1, -0.05) is 18.2 Å². The highest BCUT2D eigenvalue weighted by atomic mass is 16.4. The minimum atomic E-state index is -0.754. The topological polar surface area (TPSA) is 66.4 Å². The first-order chi connectivity index (χ1) is 9.45. The molecule has 1 aliphatic carbocycles. The zero-order valence-electron chi connectivity index (χ0n) is 12.0. The van der Waals surface area contributed by atoms with E-state index in [2.05, 4.69) is 5.32 Å². The molecule has 0 saturated heterocycles. The van der Waals surface area contributed by atoms with Gasteiger partial charge in [-0.25, -0.2) is 0 Å². The highest BCUT2D eigenvalue weighted by molar-refractivity contribution is 5.79. The molecule has 108 valence electrons. The van der Waals surface area contributed by atoms with Crippen molar-refractivity contribution in [3.05, 3.63) is 34.9 Å². The Morgan fingerprint density at radius 3 is 2.60 bits per heavy atom.